The van der Waals surface area contributed by atoms with E-state index < -0.39 is 0 Å². The van der Waals surface area contributed by atoms with Gasteiger partial charge in [0.15, 0.2) is 17.4 Å². The first kappa shape index (κ1) is 26.0. The number of rotatable bonds is 6. The lowest BCUT2D eigenvalue weighted by Crippen LogP contribution is -1.99. The third kappa shape index (κ3) is 4.41. The van der Waals surface area contributed by atoms with Crippen molar-refractivity contribution in [3.05, 3.63) is 146 Å². The van der Waals surface area contributed by atoms with Gasteiger partial charge in [-0.2, -0.15) is 4.57 Å². The second-order valence-corrected chi connectivity index (χ2v) is 11.4. The maximum Gasteiger partial charge on any atom is 0.191 e. The fourth-order valence-electron chi connectivity index (χ4n) is 6.20. The number of nitrogens with zero attached hydrogens (tertiary/aromatic N) is 4. The lowest BCUT2D eigenvalue weighted by Gasteiger charge is -2.11. The zero-order valence-electron chi connectivity index (χ0n) is 24.6. The minimum Gasteiger partial charge on any atom is -0.456 e. The summed E-state index contributed by atoms with van der Waals surface area (Å²) in [6, 6.07) is 46.6. The molecular formula is C39H31N4O+. The van der Waals surface area contributed by atoms with Crippen molar-refractivity contribution in [1.82, 2.24) is 18.7 Å². The number of hydrogen-bond acceptors (Lipinski definition) is 2. The van der Waals surface area contributed by atoms with Crippen LogP contribution in [0.4, 0.5) is 0 Å². The Kier molecular flexibility index (Phi) is 6.23. The fourth-order valence-corrected chi connectivity index (χ4v) is 6.20. The smallest absolute Gasteiger partial charge is 0.191 e. The van der Waals surface area contributed by atoms with Crippen molar-refractivity contribution in [2.45, 2.75) is 19.9 Å². The Morgan fingerprint density at radius 2 is 1.32 bits per heavy atom. The Morgan fingerprint density at radius 1 is 0.591 bits per heavy atom. The largest absolute Gasteiger partial charge is 0.456 e. The summed E-state index contributed by atoms with van der Waals surface area (Å²) < 4.78 is 13.3. The molecule has 3 aromatic heterocycles. The third-order valence-electron chi connectivity index (χ3n) is 8.27. The van der Waals surface area contributed by atoms with Crippen LogP contribution in [-0.4, -0.2) is 18.7 Å². The number of imidazole rings is 1. The fraction of sp³-hybridized carbons (Fsp3) is 0.0769. The van der Waals surface area contributed by atoms with E-state index in [0.717, 1.165) is 56.1 Å². The summed E-state index contributed by atoms with van der Waals surface area (Å²) in [6.07, 6.45) is 4.06. The first-order valence-corrected chi connectivity index (χ1v) is 15.0. The minimum absolute atomic E-state index is 0.349. The van der Waals surface area contributed by atoms with Crippen LogP contribution in [0.1, 0.15) is 19.9 Å². The van der Waals surface area contributed by atoms with Gasteiger partial charge >= 0.3 is 0 Å². The Balaban J connectivity index is 1.22. The number of ether oxygens (including phenoxy) is 1. The molecule has 3 heterocycles. The molecule has 0 spiro atoms. The Hall–Kier alpha value is -5.68. The molecule has 0 unspecified atom stereocenters. The molecular weight excluding hydrogens is 540 g/mol. The van der Waals surface area contributed by atoms with Crippen LogP contribution in [-0.2, 0) is 0 Å². The molecule has 8 rings (SSSR count). The quantitative estimate of drug-likeness (QED) is 0.186. The normalized spacial score (nSPS) is 11.6. The molecule has 5 heteroatoms. The standard InChI is InChI=1S/C39H31N4O/c1-27(2)41-26-42(37-18-9-8-17-36(37)41)30-13-10-14-31(24-30)44-32-19-20-34-33-15-6-7-16-35(33)43(38(34)25-32)39-23-29(21-22-40-39)28-11-4-3-5-12-28/h3-27H,1-2H3/q+1. The summed E-state index contributed by atoms with van der Waals surface area (Å²) in [6.45, 7) is 4.42. The van der Waals surface area contributed by atoms with Gasteiger partial charge < -0.3 is 4.74 Å². The summed E-state index contributed by atoms with van der Waals surface area (Å²) in [5.41, 5.74) is 7.86. The third-order valence-corrected chi connectivity index (χ3v) is 8.27. The lowest BCUT2D eigenvalue weighted by atomic mass is 10.1. The number of pyridine rings is 1. The van der Waals surface area contributed by atoms with E-state index in [4.69, 9.17) is 9.72 Å². The van der Waals surface area contributed by atoms with E-state index >= 15 is 0 Å². The second kappa shape index (κ2) is 10.5. The van der Waals surface area contributed by atoms with Gasteiger partial charge in [0.2, 0.25) is 0 Å². The van der Waals surface area contributed by atoms with Crippen LogP contribution in [0, 0.1) is 0 Å². The molecule has 5 aromatic carbocycles. The van der Waals surface area contributed by atoms with Gasteiger partial charge in [0.1, 0.15) is 23.0 Å². The highest BCUT2D eigenvalue weighted by Gasteiger charge is 2.19. The van der Waals surface area contributed by atoms with Gasteiger partial charge in [-0.25, -0.2) is 9.55 Å². The molecule has 0 aliphatic rings. The van der Waals surface area contributed by atoms with Crippen LogP contribution in [0.3, 0.4) is 0 Å². The summed E-state index contributed by atoms with van der Waals surface area (Å²) in [5, 5.41) is 2.34. The van der Waals surface area contributed by atoms with Gasteiger partial charge in [0, 0.05) is 47.3 Å². The highest BCUT2D eigenvalue weighted by molar-refractivity contribution is 6.09. The van der Waals surface area contributed by atoms with Gasteiger partial charge in [-0.15, -0.1) is 0 Å². The summed E-state index contributed by atoms with van der Waals surface area (Å²) >= 11 is 0. The SMILES string of the molecule is CC(C)n1[cH+]n(-c2cccc(Oc3ccc4c5ccccc5n(-c5cc(-c6ccccc6)ccn5)c4c3)c2)c2ccccc21. The maximum atomic E-state index is 6.54. The molecule has 5 nitrogen and oxygen atoms in total. The van der Waals surface area contributed by atoms with Crippen LogP contribution in [0.2, 0.25) is 0 Å². The first-order chi connectivity index (χ1) is 21.6. The van der Waals surface area contributed by atoms with Crippen LogP contribution >= 0.6 is 0 Å². The number of benzene rings is 5. The molecule has 212 valence electrons. The highest BCUT2D eigenvalue weighted by atomic mass is 16.5. The highest BCUT2D eigenvalue weighted by Crippen LogP contribution is 2.36. The molecule has 44 heavy (non-hydrogen) atoms. The van der Waals surface area contributed by atoms with Crippen molar-refractivity contribution < 1.29 is 4.74 Å². The Bertz CT molecular complexity index is 2300. The van der Waals surface area contributed by atoms with Crippen molar-refractivity contribution >= 4 is 32.8 Å². The molecule has 0 saturated heterocycles. The van der Waals surface area contributed by atoms with Gasteiger partial charge in [-0.05, 0) is 79.6 Å². The van der Waals surface area contributed by atoms with Crippen molar-refractivity contribution in [3.8, 4) is 34.1 Å². The number of hydrogen-bond donors (Lipinski definition) is 0. The second-order valence-electron chi connectivity index (χ2n) is 11.4. The molecule has 0 saturated carbocycles. The topological polar surface area (TPSA) is 36.9 Å². The molecule has 0 amide bonds. The predicted octanol–water partition coefficient (Wildman–Crippen LogP) is 10.2. The molecule has 0 N–H and O–H groups in total. The van der Waals surface area contributed by atoms with Crippen LogP contribution in [0.5, 0.6) is 11.5 Å². The van der Waals surface area contributed by atoms with Gasteiger partial charge in [-0.1, -0.05) is 48.5 Å². The number of fused-ring (bicyclic) bond motifs is 4. The van der Waals surface area contributed by atoms with E-state index in [-0.39, 0.29) is 0 Å². The average molecular weight is 572 g/mol. The van der Waals surface area contributed by atoms with E-state index in [1.54, 1.807) is 0 Å². The zero-order chi connectivity index (χ0) is 29.6. The molecule has 0 bridgehead atoms. The Labute approximate surface area is 255 Å². The average Bonchev–Trinajstić information content (AvgIpc) is 3.62. The molecule has 0 aliphatic carbocycles. The Morgan fingerprint density at radius 3 is 2.16 bits per heavy atom. The summed E-state index contributed by atoms with van der Waals surface area (Å²) in [7, 11) is 0. The molecule has 8 aromatic rings. The van der Waals surface area contributed by atoms with Crippen molar-refractivity contribution in [1.29, 1.82) is 0 Å². The van der Waals surface area contributed by atoms with Crippen molar-refractivity contribution in [2.24, 2.45) is 0 Å². The van der Waals surface area contributed by atoms with Crippen LogP contribution in [0.25, 0.3) is 55.5 Å². The lowest BCUT2D eigenvalue weighted by molar-refractivity contribution is 0.483. The number of para-hydroxylation sites is 3. The summed E-state index contributed by atoms with van der Waals surface area (Å²) in [4.78, 5) is 4.82. The molecule has 0 fully saturated rings. The number of aromatic nitrogens is 4. The first-order valence-electron chi connectivity index (χ1n) is 15.0. The molecule has 0 aliphatic heterocycles. The molecule has 0 atom stereocenters. The van der Waals surface area contributed by atoms with Gasteiger partial charge in [0.05, 0.1) is 17.1 Å². The predicted molar refractivity (Wildman–Crippen MR) is 180 cm³/mol. The van der Waals surface area contributed by atoms with Gasteiger partial charge in [0.25, 0.3) is 0 Å². The van der Waals surface area contributed by atoms with E-state index in [1.807, 2.05) is 24.4 Å². The zero-order valence-corrected chi connectivity index (χ0v) is 24.6. The minimum atomic E-state index is 0.349. The van der Waals surface area contributed by atoms with E-state index in [2.05, 4.69) is 149 Å². The van der Waals surface area contributed by atoms with Gasteiger partial charge in [-0.3, -0.25) is 4.57 Å². The molecule has 0 radical (unpaired) electrons. The van der Waals surface area contributed by atoms with E-state index in [9.17, 15) is 0 Å². The van der Waals surface area contributed by atoms with Crippen LogP contribution < -0.4 is 4.74 Å². The van der Waals surface area contributed by atoms with E-state index in [0.29, 0.717) is 6.04 Å². The maximum absolute atomic E-state index is 6.54. The van der Waals surface area contributed by atoms with Crippen molar-refractivity contribution in [2.75, 3.05) is 0 Å². The summed E-state index contributed by atoms with van der Waals surface area (Å²) in [5.74, 6) is 2.42. The van der Waals surface area contributed by atoms with Crippen LogP contribution in [0.15, 0.2) is 146 Å². The van der Waals surface area contributed by atoms with E-state index in [1.165, 1.54) is 10.9 Å². The monoisotopic (exact) mass is 571 g/mol. The van der Waals surface area contributed by atoms with Crippen molar-refractivity contribution in [3.63, 3.8) is 0 Å².